The maximum atomic E-state index is 12.2. The third-order valence-corrected chi connectivity index (χ3v) is 2.82. The standard InChI is InChI=1S/C13H15NO3/c1-8-4-3-5-10-12(16)11(14-9(2)15)6-7-17-13(8)10/h3-5,11H,6-7H2,1-2H3,(H,14,15). The number of nitrogens with one attached hydrogen (secondary N) is 1. The van der Waals surface area contributed by atoms with E-state index in [0.717, 1.165) is 5.56 Å². The average Bonchev–Trinajstić information content (AvgIpc) is 2.41. The van der Waals surface area contributed by atoms with Crippen LogP contribution in [-0.2, 0) is 4.79 Å². The van der Waals surface area contributed by atoms with Gasteiger partial charge in [-0.05, 0) is 18.6 Å². The van der Waals surface area contributed by atoms with Crippen molar-refractivity contribution < 1.29 is 14.3 Å². The quantitative estimate of drug-likeness (QED) is 0.799. The van der Waals surface area contributed by atoms with E-state index in [1.807, 2.05) is 19.1 Å². The molecule has 1 aliphatic heterocycles. The normalized spacial score (nSPS) is 18.9. The lowest BCUT2D eigenvalue weighted by molar-refractivity contribution is -0.119. The van der Waals surface area contributed by atoms with Crippen LogP contribution >= 0.6 is 0 Å². The summed E-state index contributed by atoms with van der Waals surface area (Å²) in [5, 5.41) is 2.66. The van der Waals surface area contributed by atoms with Crippen LogP contribution in [0, 0.1) is 6.92 Å². The zero-order chi connectivity index (χ0) is 12.4. The third-order valence-electron chi connectivity index (χ3n) is 2.82. The smallest absolute Gasteiger partial charge is 0.217 e. The van der Waals surface area contributed by atoms with Crippen molar-refractivity contribution >= 4 is 11.7 Å². The number of hydrogen-bond donors (Lipinski definition) is 1. The van der Waals surface area contributed by atoms with Gasteiger partial charge in [0.25, 0.3) is 0 Å². The number of carbonyl (C=O) groups excluding carboxylic acids is 2. The number of carbonyl (C=O) groups is 2. The van der Waals surface area contributed by atoms with Gasteiger partial charge in [0.15, 0.2) is 5.78 Å². The van der Waals surface area contributed by atoms with Crippen LogP contribution in [-0.4, -0.2) is 24.3 Å². The fourth-order valence-corrected chi connectivity index (χ4v) is 2.02. The molecule has 2 rings (SSSR count). The van der Waals surface area contributed by atoms with Crippen molar-refractivity contribution in [1.29, 1.82) is 0 Å². The van der Waals surface area contributed by atoms with Gasteiger partial charge in [0.05, 0.1) is 18.2 Å². The summed E-state index contributed by atoms with van der Waals surface area (Å²) >= 11 is 0. The lowest BCUT2D eigenvalue weighted by Crippen LogP contribution is -2.39. The topological polar surface area (TPSA) is 55.4 Å². The third kappa shape index (κ3) is 2.30. The second kappa shape index (κ2) is 4.57. The summed E-state index contributed by atoms with van der Waals surface area (Å²) in [6.07, 6.45) is 0.506. The van der Waals surface area contributed by atoms with E-state index in [9.17, 15) is 9.59 Å². The number of fused-ring (bicyclic) bond motifs is 1. The van der Waals surface area contributed by atoms with Crippen molar-refractivity contribution in [3.8, 4) is 5.75 Å². The fourth-order valence-electron chi connectivity index (χ4n) is 2.02. The highest BCUT2D eigenvalue weighted by molar-refractivity contribution is 6.04. The molecule has 0 aromatic heterocycles. The van der Waals surface area contributed by atoms with Gasteiger partial charge < -0.3 is 10.1 Å². The van der Waals surface area contributed by atoms with Gasteiger partial charge in [0, 0.05) is 13.3 Å². The van der Waals surface area contributed by atoms with E-state index in [-0.39, 0.29) is 11.7 Å². The van der Waals surface area contributed by atoms with Crippen molar-refractivity contribution in [2.45, 2.75) is 26.3 Å². The number of aryl methyl sites for hydroxylation is 1. The van der Waals surface area contributed by atoms with Crippen LogP contribution < -0.4 is 10.1 Å². The van der Waals surface area contributed by atoms with Crippen molar-refractivity contribution in [3.63, 3.8) is 0 Å². The second-order valence-electron chi connectivity index (χ2n) is 4.21. The molecule has 0 saturated carbocycles. The van der Waals surface area contributed by atoms with Crippen molar-refractivity contribution in [2.24, 2.45) is 0 Å². The Kier molecular flexibility index (Phi) is 3.13. The van der Waals surface area contributed by atoms with Gasteiger partial charge in [-0.25, -0.2) is 0 Å². The summed E-state index contributed by atoms with van der Waals surface area (Å²) in [7, 11) is 0. The molecular formula is C13H15NO3. The van der Waals surface area contributed by atoms with Crippen LogP contribution in [0.25, 0.3) is 0 Å². The highest BCUT2D eigenvalue weighted by atomic mass is 16.5. The SMILES string of the molecule is CC(=O)NC1CCOc2c(C)cccc2C1=O. The summed E-state index contributed by atoms with van der Waals surface area (Å²) in [6.45, 7) is 3.76. The first-order valence-corrected chi connectivity index (χ1v) is 5.63. The summed E-state index contributed by atoms with van der Waals surface area (Å²) in [4.78, 5) is 23.3. The van der Waals surface area contributed by atoms with E-state index in [1.165, 1.54) is 6.92 Å². The molecule has 1 aromatic carbocycles. The minimum atomic E-state index is -0.476. The number of rotatable bonds is 1. The Hall–Kier alpha value is -1.84. The molecule has 1 aliphatic rings. The Morgan fingerprint density at radius 3 is 2.94 bits per heavy atom. The Morgan fingerprint density at radius 2 is 2.24 bits per heavy atom. The number of Topliss-reactive ketones (excluding diaryl/α,β-unsaturated/α-hetero) is 1. The molecule has 1 atom stereocenters. The Morgan fingerprint density at radius 1 is 1.47 bits per heavy atom. The van der Waals surface area contributed by atoms with E-state index < -0.39 is 6.04 Å². The summed E-state index contributed by atoms with van der Waals surface area (Å²) in [6, 6.07) is 5.00. The first-order valence-electron chi connectivity index (χ1n) is 5.63. The second-order valence-corrected chi connectivity index (χ2v) is 4.21. The van der Waals surface area contributed by atoms with E-state index in [4.69, 9.17) is 4.74 Å². The number of ether oxygens (including phenoxy) is 1. The van der Waals surface area contributed by atoms with Crippen LogP contribution in [0.15, 0.2) is 18.2 Å². The molecule has 1 aromatic rings. The average molecular weight is 233 g/mol. The van der Waals surface area contributed by atoms with Gasteiger partial charge in [-0.2, -0.15) is 0 Å². The summed E-state index contributed by atoms with van der Waals surface area (Å²) in [5.41, 5.74) is 1.50. The minimum absolute atomic E-state index is 0.0728. The molecule has 0 bridgehead atoms. The Bertz CT molecular complexity index is 468. The zero-order valence-electron chi connectivity index (χ0n) is 9.95. The molecule has 4 nitrogen and oxygen atoms in total. The van der Waals surface area contributed by atoms with Gasteiger partial charge in [-0.1, -0.05) is 12.1 Å². The molecule has 0 saturated heterocycles. The highest BCUT2D eigenvalue weighted by Crippen LogP contribution is 2.27. The van der Waals surface area contributed by atoms with Crippen molar-refractivity contribution in [3.05, 3.63) is 29.3 Å². The Labute approximate surface area is 100.0 Å². The minimum Gasteiger partial charge on any atom is -0.492 e. The number of hydrogen-bond acceptors (Lipinski definition) is 3. The molecule has 0 spiro atoms. The van der Waals surface area contributed by atoms with Crippen LogP contribution in [0.4, 0.5) is 0 Å². The molecule has 0 aliphatic carbocycles. The molecule has 0 radical (unpaired) electrons. The first-order chi connectivity index (χ1) is 8.09. The van der Waals surface area contributed by atoms with Crippen molar-refractivity contribution in [2.75, 3.05) is 6.61 Å². The molecule has 1 heterocycles. The van der Waals surface area contributed by atoms with Crippen LogP contribution in [0.3, 0.4) is 0 Å². The predicted molar refractivity (Wildman–Crippen MR) is 63.2 cm³/mol. The molecule has 4 heteroatoms. The van der Waals surface area contributed by atoms with Crippen molar-refractivity contribution in [1.82, 2.24) is 5.32 Å². The summed E-state index contributed by atoms with van der Waals surface area (Å²) in [5.74, 6) is 0.376. The molecule has 17 heavy (non-hydrogen) atoms. The van der Waals surface area contributed by atoms with Gasteiger partial charge in [-0.3, -0.25) is 9.59 Å². The lowest BCUT2D eigenvalue weighted by atomic mass is 10.0. The van der Waals surface area contributed by atoms with Crippen LogP contribution in [0.2, 0.25) is 0 Å². The number of para-hydroxylation sites is 1. The van der Waals surface area contributed by atoms with E-state index in [1.54, 1.807) is 6.07 Å². The molecule has 1 unspecified atom stereocenters. The van der Waals surface area contributed by atoms with E-state index in [0.29, 0.717) is 24.3 Å². The van der Waals surface area contributed by atoms with E-state index >= 15 is 0 Å². The van der Waals surface area contributed by atoms with Gasteiger partial charge >= 0.3 is 0 Å². The number of benzene rings is 1. The lowest BCUT2D eigenvalue weighted by Gasteiger charge is -2.13. The number of ketones is 1. The molecular weight excluding hydrogens is 218 g/mol. The van der Waals surface area contributed by atoms with Gasteiger partial charge in [-0.15, -0.1) is 0 Å². The molecule has 1 amide bonds. The number of amides is 1. The fraction of sp³-hybridized carbons (Fsp3) is 0.385. The largest absolute Gasteiger partial charge is 0.492 e. The van der Waals surface area contributed by atoms with Crippen LogP contribution in [0.1, 0.15) is 29.3 Å². The maximum Gasteiger partial charge on any atom is 0.217 e. The zero-order valence-corrected chi connectivity index (χ0v) is 9.95. The van der Waals surface area contributed by atoms with E-state index in [2.05, 4.69) is 5.32 Å². The first kappa shape index (κ1) is 11.6. The maximum absolute atomic E-state index is 12.2. The molecule has 0 fully saturated rings. The molecule has 90 valence electrons. The Balaban J connectivity index is 2.36. The summed E-state index contributed by atoms with van der Waals surface area (Å²) < 4.78 is 5.59. The molecule has 1 N–H and O–H groups in total. The monoisotopic (exact) mass is 233 g/mol. The van der Waals surface area contributed by atoms with Gasteiger partial charge in [0.2, 0.25) is 5.91 Å². The van der Waals surface area contributed by atoms with Gasteiger partial charge in [0.1, 0.15) is 5.75 Å². The highest BCUT2D eigenvalue weighted by Gasteiger charge is 2.27. The van der Waals surface area contributed by atoms with Crippen LogP contribution in [0.5, 0.6) is 5.75 Å². The predicted octanol–water partition coefficient (Wildman–Crippen LogP) is 1.46.